The smallest absolute Gasteiger partial charge is 0.222 e. The van der Waals surface area contributed by atoms with Gasteiger partial charge in [-0.1, -0.05) is 12.1 Å². The van der Waals surface area contributed by atoms with Crippen LogP contribution in [-0.4, -0.2) is 36.1 Å². The summed E-state index contributed by atoms with van der Waals surface area (Å²) >= 11 is 3.44. The van der Waals surface area contributed by atoms with Crippen molar-refractivity contribution >= 4 is 33.4 Å². The fourth-order valence-corrected chi connectivity index (χ4v) is 2.90. The molecular weight excluding hydrogens is 337 g/mol. The zero-order valence-corrected chi connectivity index (χ0v) is 12.9. The Kier molecular flexibility index (Phi) is 3.92. The van der Waals surface area contributed by atoms with Gasteiger partial charge in [-0.15, -0.1) is 0 Å². The molecule has 0 aliphatic carbocycles. The zero-order valence-electron chi connectivity index (χ0n) is 11.3. The molecule has 7 heteroatoms. The van der Waals surface area contributed by atoms with E-state index < -0.39 is 0 Å². The highest BCUT2D eigenvalue weighted by atomic mass is 79.9. The number of nitrogens with two attached hydrogens (primary N) is 1. The number of hydrogen-bond donors (Lipinski definition) is 1. The van der Waals surface area contributed by atoms with Crippen LogP contribution in [0, 0.1) is 5.82 Å². The second-order valence-corrected chi connectivity index (χ2v) is 5.68. The van der Waals surface area contributed by atoms with Gasteiger partial charge in [0.1, 0.15) is 11.6 Å². The Hall–Kier alpha value is -1.89. The first-order valence-corrected chi connectivity index (χ1v) is 7.47. The van der Waals surface area contributed by atoms with Gasteiger partial charge in [-0.2, -0.15) is 4.98 Å². The third kappa shape index (κ3) is 2.92. The van der Waals surface area contributed by atoms with Crippen molar-refractivity contribution in [2.75, 3.05) is 41.7 Å². The molecule has 0 spiro atoms. The van der Waals surface area contributed by atoms with Gasteiger partial charge in [0.2, 0.25) is 5.95 Å². The van der Waals surface area contributed by atoms with E-state index in [1.165, 1.54) is 6.07 Å². The highest BCUT2D eigenvalue weighted by molar-refractivity contribution is 9.10. The molecule has 110 valence electrons. The molecule has 0 amide bonds. The Balaban J connectivity index is 1.73. The summed E-state index contributed by atoms with van der Waals surface area (Å²) in [7, 11) is 0. The fourth-order valence-electron chi connectivity index (χ4n) is 2.46. The van der Waals surface area contributed by atoms with Gasteiger partial charge in [-0.3, -0.25) is 0 Å². The predicted octanol–water partition coefficient (Wildman–Crippen LogP) is 2.29. The third-order valence-corrected chi connectivity index (χ3v) is 4.08. The number of nitrogen functional groups attached to an aromatic ring is 1. The van der Waals surface area contributed by atoms with Crippen LogP contribution < -0.4 is 15.5 Å². The summed E-state index contributed by atoms with van der Waals surface area (Å²) in [4.78, 5) is 12.4. The molecule has 21 heavy (non-hydrogen) atoms. The maximum absolute atomic E-state index is 13.8. The lowest BCUT2D eigenvalue weighted by atomic mass is 10.2. The number of aromatic nitrogens is 2. The first-order chi connectivity index (χ1) is 10.1. The minimum atomic E-state index is -0.182. The van der Waals surface area contributed by atoms with Gasteiger partial charge in [-0.05, 0) is 28.1 Å². The largest absolute Gasteiger partial charge is 0.368 e. The molecule has 0 saturated carbocycles. The van der Waals surface area contributed by atoms with Crippen LogP contribution in [0.1, 0.15) is 0 Å². The van der Waals surface area contributed by atoms with Crippen LogP contribution in [0.15, 0.2) is 34.9 Å². The highest BCUT2D eigenvalue weighted by Crippen LogP contribution is 2.26. The van der Waals surface area contributed by atoms with E-state index in [1.54, 1.807) is 12.3 Å². The van der Waals surface area contributed by atoms with Crippen molar-refractivity contribution in [2.24, 2.45) is 0 Å². The molecule has 1 saturated heterocycles. The standard InChI is InChI=1S/C14H15BrFN5/c15-10-9-18-14(17)19-13(10)21-7-5-20(6-8-21)12-4-2-1-3-11(12)16/h1-4,9H,5-8H2,(H2,17,18,19). The molecule has 1 aliphatic rings. The molecule has 1 fully saturated rings. The average molecular weight is 352 g/mol. The van der Waals surface area contributed by atoms with Gasteiger partial charge in [0.25, 0.3) is 0 Å². The Morgan fingerprint density at radius 1 is 1.10 bits per heavy atom. The van der Waals surface area contributed by atoms with Crippen molar-refractivity contribution < 1.29 is 4.39 Å². The SMILES string of the molecule is Nc1ncc(Br)c(N2CCN(c3ccccc3F)CC2)n1. The second-order valence-electron chi connectivity index (χ2n) is 4.83. The van der Waals surface area contributed by atoms with Crippen LogP contribution in [0.2, 0.25) is 0 Å². The van der Waals surface area contributed by atoms with Crippen molar-refractivity contribution in [3.63, 3.8) is 0 Å². The summed E-state index contributed by atoms with van der Waals surface area (Å²) in [6.07, 6.45) is 1.65. The summed E-state index contributed by atoms with van der Waals surface area (Å²) in [5, 5.41) is 0. The first kappa shape index (κ1) is 14.1. The molecule has 0 atom stereocenters. The van der Waals surface area contributed by atoms with Crippen LogP contribution in [0.4, 0.5) is 21.8 Å². The van der Waals surface area contributed by atoms with Crippen LogP contribution in [0.5, 0.6) is 0 Å². The normalized spacial score (nSPS) is 15.3. The number of rotatable bonds is 2. The summed E-state index contributed by atoms with van der Waals surface area (Å²) < 4.78 is 14.6. The number of para-hydroxylation sites is 1. The van der Waals surface area contributed by atoms with Gasteiger partial charge in [-0.25, -0.2) is 9.37 Å². The Morgan fingerprint density at radius 2 is 1.76 bits per heavy atom. The van der Waals surface area contributed by atoms with Crippen molar-refractivity contribution in [3.8, 4) is 0 Å². The molecule has 1 aliphatic heterocycles. The number of nitrogens with zero attached hydrogens (tertiary/aromatic N) is 4. The van der Waals surface area contributed by atoms with Gasteiger partial charge >= 0.3 is 0 Å². The van der Waals surface area contributed by atoms with Crippen molar-refractivity contribution in [1.82, 2.24) is 9.97 Å². The molecule has 2 N–H and O–H groups in total. The lowest BCUT2D eigenvalue weighted by Gasteiger charge is -2.37. The number of hydrogen-bond acceptors (Lipinski definition) is 5. The Labute approximate surface area is 130 Å². The van der Waals surface area contributed by atoms with E-state index in [0.717, 1.165) is 36.5 Å². The van der Waals surface area contributed by atoms with Gasteiger partial charge in [0.15, 0.2) is 0 Å². The molecule has 0 radical (unpaired) electrons. The summed E-state index contributed by atoms with van der Waals surface area (Å²) in [6.45, 7) is 2.97. The summed E-state index contributed by atoms with van der Waals surface area (Å²) in [6, 6.07) is 6.86. The van der Waals surface area contributed by atoms with Crippen LogP contribution >= 0.6 is 15.9 Å². The van der Waals surface area contributed by atoms with Crippen LogP contribution in [-0.2, 0) is 0 Å². The van der Waals surface area contributed by atoms with Gasteiger partial charge in [0.05, 0.1) is 10.2 Å². The third-order valence-electron chi connectivity index (χ3n) is 3.52. The van der Waals surface area contributed by atoms with Gasteiger partial charge < -0.3 is 15.5 Å². The molecule has 1 aromatic carbocycles. The maximum Gasteiger partial charge on any atom is 0.222 e. The summed E-state index contributed by atoms with van der Waals surface area (Å²) in [5.41, 5.74) is 6.29. The zero-order chi connectivity index (χ0) is 14.8. The molecule has 2 heterocycles. The van der Waals surface area contributed by atoms with E-state index >= 15 is 0 Å². The topological polar surface area (TPSA) is 58.3 Å². The Morgan fingerprint density at radius 3 is 2.48 bits per heavy atom. The van der Waals surface area contributed by atoms with E-state index in [9.17, 15) is 4.39 Å². The van der Waals surface area contributed by atoms with Crippen LogP contribution in [0.3, 0.4) is 0 Å². The number of anilines is 3. The van der Waals surface area contributed by atoms with Gasteiger partial charge in [0, 0.05) is 32.4 Å². The maximum atomic E-state index is 13.8. The Bertz CT molecular complexity index is 643. The van der Waals surface area contributed by atoms with Crippen molar-refractivity contribution in [2.45, 2.75) is 0 Å². The lowest BCUT2D eigenvalue weighted by Crippen LogP contribution is -2.47. The van der Waals surface area contributed by atoms with E-state index in [1.807, 2.05) is 17.0 Å². The summed E-state index contributed by atoms with van der Waals surface area (Å²) in [5.74, 6) is 0.860. The molecule has 0 bridgehead atoms. The van der Waals surface area contributed by atoms with E-state index in [4.69, 9.17) is 5.73 Å². The number of halogens is 2. The number of benzene rings is 1. The molecule has 5 nitrogen and oxygen atoms in total. The van der Waals surface area contributed by atoms with E-state index in [2.05, 4.69) is 30.8 Å². The first-order valence-electron chi connectivity index (χ1n) is 6.67. The second kappa shape index (κ2) is 5.85. The van der Waals surface area contributed by atoms with Crippen molar-refractivity contribution in [3.05, 3.63) is 40.8 Å². The average Bonchev–Trinajstić information content (AvgIpc) is 2.50. The molecule has 2 aromatic rings. The molecule has 1 aromatic heterocycles. The predicted molar refractivity (Wildman–Crippen MR) is 85.0 cm³/mol. The molecule has 0 unspecified atom stereocenters. The van der Waals surface area contributed by atoms with Crippen molar-refractivity contribution in [1.29, 1.82) is 0 Å². The van der Waals surface area contributed by atoms with E-state index in [0.29, 0.717) is 5.69 Å². The fraction of sp³-hybridized carbons (Fsp3) is 0.286. The minimum Gasteiger partial charge on any atom is -0.368 e. The quantitative estimate of drug-likeness (QED) is 0.899. The van der Waals surface area contributed by atoms with E-state index in [-0.39, 0.29) is 11.8 Å². The lowest BCUT2D eigenvalue weighted by molar-refractivity contribution is 0.596. The van der Waals surface area contributed by atoms with Crippen LogP contribution in [0.25, 0.3) is 0 Å². The number of piperazine rings is 1. The monoisotopic (exact) mass is 351 g/mol. The molecular formula is C14H15BrFN5. The minimum absolute atomic E-state index is 0.182. The highest BCUT2D eigenvalue weighted by Gasteiger charge is 2.21. The molecule has 3 rings (SSSR count).